The quantitative estimate of drug-likeness (QED) is 0.252. The first-order valence-corrected chi connectivity index (χ1v) is 13.7. The van der Waals surface area contributed by atoms with E-state index >= 15 is 0 Å². The number of hydrogen-bond acceptors (Lipinski definition) is 5. The van der Waals surface area contributed by atoms with Crippen molar-refractivity contribution in [2.75, 3.05) is 0 Å². The normalized spacial score (nSPS) is 34.0. The average molecular weight is 540 g/mol. The molecule has 206 valence electrons. The summed E-state index contributed by atoms with van der Waals surface area (Å²) in [5.41, 5.74) is 2.35. The molecule has 6 rings (SSSR count). The summed E-state index contributed by atoms with van der Waals surface area (Å²) in [7, 11) is 0. The lowest BCUT2D eigenvalue weighted by molar-refractivity contribution is -0.137. The number of carbonyl (C=O) groups is 2. The van der Waals surface area contributed by atoms with E-state index in [1.165, 1.54) is 24.0 Å². The van der Waals surface area contributed by atoms with E-state index < -0.39 is 17.7 Å². The van der Waals surface area contributed by atoms with Gasteiger partial charge in [0, 0.05) is 17.4 Å². The van der Waals surface area contributed by atoms with Crippen LogP contribution in [0.1, 0.15) is 74.7 Å². The Hall–Kier alpha value is -3.23. The summed E-state index contributed by atoms with van der Waals surface area (Å²) in [6.45, 7) is 4.62. The number of aromatic nitrogens is 3. The van der Waals surface area contributed by atoms with Gasteiger partial charge in [-0.05, 0) is 86.0 Å². The van der Waals surface area contributed by atoms with Crippen LogP contribution in [0.5, 0.6) is 0 Å². The average Bonchev–Trinajstić information content (AvgIpc) is 3.53. The van der Waals surface area contributed by atoms with E-state index in [0.29, 0.717) is 30.6 Å². The predicted octanol–water partition coefficient (Wildman–Crippen LogP) is 6.51. The first kappa shape index (κ1) is 26.0. The zero-order valence-electron chi connectivity index (χ0n) is 22.1. The van der Waals surface area contributed by atoms with Crippen LogP contribution in [0.25, 0.3) is 5.70 Å². The minimum atomic E-state index is -4.45. The first-order valence-electron chi connectivity index (χ1n) is 13.7. The molecule has 1 aromatic carbocycles. The molecule has 0 spiro atoms. The lowest BCUT2D eigenvalue weighted by Gasteiger charge is -2.57. The number of benzene rings is 1. The second-order valence-electron chi connectivity index (χ2n) is 12.1. The number of ether oxygens (including phenoxy) is 1. The van der Waals surface area contributed by atoms with Crippen molar-refractivity contribution in [2.45, 2.75) is 71.1 Å². The monoisotopic (exact) mass is 539 g/mol. The van der Waals surface area contributed by atoms with Gasteiger partial charge in [0.25, 0.3) is 0 Å². The number of carbonyl (C=O) groups excluding carboxylic acids is 2. The molecule has 0 N–H and O–H groups in total. The Kier molecular flexibility index (Phi) is 6.11. The Morgan fingerprint density at radius 3 is 2.49 bits per heavy atom. The second-order valence-corrected chi connectivity index (χ2v) is 12.1. The van der Waals surface area contributed by atoms with Gasteiger partial charge in [-0.3, -0.25) is 4.79 Å². The van der Waals surface area contributed by atoms with Crippen LogP contribution in [0.4, 0.5) is 13.2 Å². The lowest BCUT2D eigenvalue weighted by Crippen LogP contribution is -2.50. The number of esters is 1. The first-order chi connectivity index (χ1) is 18.5. The molecule has 1 heterocycles. The van der Waals surface area contributed by atoms with Crippen LogP contribution < -0.4 is 0 Å². The minimum absolute atomic E-state index is 0.00113. The minimum Gasteiger partial charge on any atom is -0.458 e. The van der Waals surface area contributed by atoms with E-state index in [1.54, 1.807) is 11.0 Å². The van der Waals surface area contributed by atoms with Crippen molar-refractivity contribution < 1.29 is 27.5 Å². The fraction of sp³-hybridized carbons (Fsp3) is 0.533. The summed E-state index contributed by atoms with van der Waals surface area (Å²) < 4.78 is 46.2. The van der Waals surface area contributed by atoms with Crippen molar-refractivity contribution in [1.29, 1.82) is 0 Å². The topological polar surface area (TPSA) is 74.1 Å². The fourth-order valence-electron chi connectivity index (χ4n) is 8.27. The number of rotatable bonds is 4. The fourth-order valence-corrected chi connectivity index (χ4v) is 8.27. The zero-order valence-corrected chi connectivity index (χ0v) is 22.1. The van der Waals surface area contributed by atoms with Crippen LogP contribution in [0.3, 0.4) is 0 Å². The molecule has 6 atom stereocenters. The Morgan fingerprint density at radius 1 is 1.08 bits per heavy atom. The molecule has 0 amide bonds. The zero-order chi connectivity index (χ0) is 27.6. The molecule has 0 aliphatic heterocycles. The molecule has 0 saturated heterocycles. The molecule has 1 aromatic heterocycles. The highest BCUT2D eigenvalue weighted by molar-refractivity contribution is 5.89. The Morgan fingerprint density at radius 2 is 1.82 bits per heavy atom. The van der Waals surface area contributed by atoms with Crippen LogP contribution in [0.2, 0.25) is 0 Å². The number of fused-ring (bicyclic) bond motifs is 5. The highest BCUT2D eigenvalue weighted by Gasteiger charge is 2.58. The van der Waals surface area contributed by atoms with Crippen molar-refractivity contribution in [2.24, 2.45) is 28.6 Å². The van der Waals surface area contributed by atoms with E-state index in [0.717, 1.165) is 61.8 Å². The summed E-state index contributed by atoms with van der Waals surface area (Å²) in [5.74, 6) is 0.685. The van der Waals surface area contributed by atoms with Gasteiger partial charge in [-0.25, -0.2) is 14.5 Å². The molecule has 4 aliphatic carbocycles. The maximum atomic E-state index is 12.9. The van der Waals surface area contributed by atoms with Gasteiger partial charge >= 0.3 is 12.1 Å². The highest BCUT2D eigenvalue weighted by Crippen LogP contribution is 2.66. The van der Waals surface area contributed by atoms with Gasteiger partial charge in [0.2, 0.25) is 0 Å². The van der Waals surface area contributed by atoms with Crippen molar-refractivity contribution in [3.8, 4) is 0 Å². The summed E-state index contributed by atoms with van der Waals surface area (Å²) in [6, 6.07) is 4.19. The molecule has 6 nitrogen and oxygen atoms in total. The van der Waals surface area contributed by atoms with E-state index in [1.807, 2.05) is 0 Å². The summed E-state index contributed by atoms with van der Waals surface area (Å²) >= 11 is 0. The third-order valence-electron chi connectivity index (χ3n) is 10.2. The standard InChI is InChI=1S/C30H32F3N3O3/c1-28-11-9-22(39-27(38)18-3-5-20(6-4-18)30(31,32)33)14-21(28)7-8-23-24(28)10-12-29(2)25(23)13-19(15-37)26(29)36-17-34-16-35-36/h3-7,15-17,22-25H,8-14H2,1-2H3/t22-,23+,24-,25-,28-,29-/m0/s1. The third kappa shape index (κ3) is 4.16. The molecular formula is C30H32F3N3O3. The smallest absolute Gasteiger partial charge is 0.416 e. The second kappa shape index (κ2) is 9.17. The van der Waals surface area contributed by atoms with E-state index in [-0.39, 0.29) is 22.5 Å². The summed E-state index contributed by atoms with van der Waals surface area (Å²) in [4.78, 5) is 29.0. The number of allylic oxidation sites excluding steroid dienone is 3. The van der Waals surface area contributed by atoms with Gasteiger partial charge in [0.1, 0.15) is 25.0 Å². The number of nitrogens with zero attached hydrogens (tertiary/aromatic N) is 3. The van der Waals surface area contributed by atoms with E-state index in [2.05, 4.69) is 30.0 Å². The van der Waals surface area contributed by atoms with Gasteiger partial charge in [-0.2, -0.15) is 18.3 Å². The highest BCUT2D eigenvalue weighted by atomic mass is 19.4. The maximum Gasteiger partial charge on any atom is 0.416 e. The van der Waals surface area contributed by atoms with E-state index in [9.17, 15) is 22.8 Å². The van der Waals surface area contributed by atoms with Gasteiger partial charge in [-0.15, -0.1) is 0 Å². The van der Waals surface area contributed by atoms with Crippen LogP contribution in [-0.2, 0) is 15.7 Å². The molecular weight excluding hydrogens is 507 g/mol. The van der Waals surface area contributed by atoms with E-state index in [4.69, 9.17) is 4.74 Å². The van der Waals surface area contributed by atoms with Crippen LogP contribution >= 0.6 is 0 Å². The lowest BCUT2D eigenvalue weighted by atomic mass is 9.48. The van der Waals surface area contributed by atoms with Crippen molar-refractivity contribution >= 4 is 18.0 Å². The number of aldehydes is 1. The molecule has 2 saturated carbocycles. The molecule has 2 aromatic rings. The van der Waals surface area contributed by atoms with Gasteiger partial charge in [0.15, 0.2) is 0 Å². The number of alkyl halides is 3. The molecule has 0 bridgehead atoms. The van der Waals surface area contributed by atoms with Crippen LogP contribution in [0.15, 0.2) is 54.1 Å². The summed E-state index contributed by atoms with van der Waals surface area (Å²) in [5, 5.41) is 4.37. The molecule has 2 fully saturated rings. The SMILES string of the molecule is C[C@]12CC[C@H](OC(=O)c3ccc(C(F)(F)F)cc3)CC1=CC[C@@H]1[C@@H]2CC[C@]2(C)C(n3cncn3)=C(C=O)C[C@@H]12. The maximum absolute atomic E-state index is 12.9. The Balaban J connectivity index is 1.18. The van der Waals surface area contributed by atoms with Crippen molar-refractivity contribution in [3.05, 3.63) is 65.3 Å². The van der Waals surface area contributed by atoms with Gasteiger partial charge < -0.3 is 4.74 Å². The van der Waals surface area contributed by atoms with Crippen LogP contribution in [-0.4, -0.2) is 33.1 Å². The predicted molar refractivity (Wildman–Crippen MR) is 137 cm³/mol. The van der Waals surface area contributed by atoms with Gasteiger partial charge in [-0.1, -0.05) is 25.5 Å². The largest absolute Gasteiger partial charge is 0.458 e. The van der Waals surface area contributed by atoms with Gasteiger partial charge in [0.05, 0.1) is 16.8 Å². The number of hydrogen-bond donors (Lipinski definition) is 0. The molecule has 39 heavy (non-hydrogen) atoms. The summed E-state index contributed by atoms with van der Waals surface area (Å²) in [6.07, 6.45) is 7.74. The molecule has 0 unspecified atom stereocenters. The third-order valence-corrected chi connectivity index (χ3v) is 10.2. The Bertz CT molecular complexity index is 1350. The van der Waals surface area contributed by atoms with Crippen molar-refractivity contribution in [1.82, 2.24) is 14.8 Å². The molecule has 0 radical (unpaired) electrons. The molecule has 9 heteroatoms. The number of halogens is 3. The molecule has 4 aliphatic rings. The van der Waals surface area contributed by atoms with Crippen molar-refractivity contribution in [3.63, 3.8) is 0 Å². The Labute approximate surface area is 225 Å². The van der Waals surface area contributed by atoms with Crippen LogP contribution in [0, 0.1) is 28.6 Å².